The molecule has 2 aromatic rings. The maximum atomic E-state index is 12.3. The number of carbonyl (C=O) groups is 2. The van der Waals surface area contributed by atoms with E-state index in [0.29, 0.717) is 51.4 Å². The zero-order valence-corrected chi connectivity index (χ0v) is 14.1. The normalized spacial score (nSPS) is 14.6. The predicted octanol–water partition coefficient (Wildman–Crippen LogP) is 1.14. The lowest BCUT2D eigenvalue weighted by Gasteiger charge is -2.34. The first-order valence-corrected chi connectivity index (χ1v) is 8.44. The monoisotopic (exact) mass is 342 g/mol. The number of rotatable bonds is 6. The summed E-state index contributed by atoms with van der Waals surface area (Å²) in [6.07, 6.45) is 5.49. The van der Waals surface area contributed by atoms with Crippen LogP contribution in [0.25, 0.3) is 0 Å². The van der Waals surface area contributed by atoms with Gasteiger partial charge in [-0.25, -0.2) is 0 Å². The van der Waals surface area contributed by atoms with Gasteiger partial charge >= 0.3 is 0 Å². The van der Waals surface area contributed by atoms with Gasteiger partial charge in [-0.1, -0.05) is 6.07 Å². The summed E-state index contributed by atoms with van der Waals surface area (Å²) in [6, 6.07) is 7.25. The van der Waals surface area contributed by atoms with Crippen LogP contribution in [0.5, 0.6) is 0 Å². The van der Waals surface area contributed by atoms with E-state index in [0.717, 1.165) is 5.56 Å². The summed E-state index contributed by atoms with van der Waals surface area (Å²) in [4.78, 5) is 32.1. The number of nitrogens with one attached hydrogen (secondary N) is 1. The van der Waals surface area contributed by atoms with E-state index in [4.69, 9.17) is 4.42 Å². The van der Waals surface area contributed by atoms with E-state index in [1.54, 1.807) is 23.2 Å². The van der Waals surface area contributed by atoms with Gasteiger partial charge in [0.25, 0.3) is 5.91 Å². The lowest BCUT2D eigenvalue weighted by atomic mass is 10.2. The summed E-state index contributed by atoms with van der Waals surface area (Å²) < 4.78 is 5.14. The molecule has 1 N–H and O–H groups in total. The number of piperazine rings is 1. The summed E-state index contributed by atoms with van der Waals surface area (Å²) in [7, 11) is 0. The van der Waals surface area contributed by atoms with Crippen LogP contribution in [-0.4, -0.2) is 59.3 Å². The Bertz CT molecular complexity index is 680. The van der Waals surface area contributed by atoms with Crippen molar-refractivity contribution in [2.75, 3.05) is 32.7 Å². The zero-order valence-electron chi connectivity index (χ0n) is 14.1. The molecule has 1 fully saturated rings. The highest BCUT2D eigenvalue weighted by Gasteiger charge is 2.25. The van der Waals surface area contributed by atoms with Crippen LogP contribution in [0.15, 0.2) is 47.3 Å². The molecule has 1 saturated heterocycles. The quantitative estimate of drug-likeness (QED) is 0.797. The van der Waals surface area contributed by atoms with Crippen LogP contribution in [0.2, 0.25) is 0 Å². The van der Waals surface area contributed by atoms with Crippen molar-refractivity contribution in [2.24, 2.45) is 0 Å². The molecule has 0 bridgehead atoms. The molecule has 0 aliphatic carbocycles. The van der Waals surface area contributed by atoms with Crippen LogP contribution in [0.3, 0.4) is 0 Å². The molecule has 132 valence electrons. The largest absolute Gasteiger partial charge is 0.459 e. The molecule has 25 heavy (non-hydrogen) atoms. The SMILES string of the molecule is O=C(CCNCc1cccnc1)N1CCN(C(=O)c2ccco2)CC1. The second-order valence-corrected chi connectivity index (χ2v) is 5.94. The third-order valence-electron chi connectivity index (χ3n) is 4.22. The molecule has 0 saturated carbocycles. The number of hydrogen-bond acceptors (Lipinski definition) is 5. The van der Waals surface area contributed by atoms with Gasteiger partial charge in [-0.05, 0) is 23.8 Å². The Kier molecular flexibility index (Phi) is 5.79. The van der Waals surface area contributed by atoms with Gasteiger partial charge in [-0.3, -0.25) is 14.6 Å². The molecule has 3 heterocycles. The summed E-state index contributed by atoms with van der Waals surface area (Å²) in [5.74, 6) is 0.346. The maximum Gasteiger partial charge on any atom is 0.289 e. The van der Waals surface area contributed by atoms with Gasteiger partial charge < -0.3 is 19.5 Å². The van der Waals surface area contributed by atoms with Gasteiger partial charge in [-0.15, -0.1) is 0 Å². The van der Waals surface area contributed by atoms with E-state index >= 15 is 0 Å². The fourth-order valence-electron chi connectivity index (χ4n) is 2.80. The van der Waals surface area contributed by atoms with Crippen LogP contribution in [0.4, 0.5) is 0 Å². The Morgan fingerprint density at radius 1 is 1.12 bits per heavy atom. The second kappa shape index (κ2) is 8.43. The number of aromatic nitrogens is 1. The first kappa shape index (κ1) is 17.2. The Hall–Kier alpha value is -2.67. The van der Waals surface area contributed by atoms with Gasteiger partial charge in [0.15, 0.2) is 5.76 Å². The van der Waals surface area contributed by atoms with Gasteiger partial charge in [0, 0.05) is 58.1 Å². The molecular weight excluding hydrogens is 320 g/mol. The van der Waals surface area contributed by atoms with Crippen LogP contribution in [0, 0.1) is 0 Å². The van der Waals surface area contributed by atoms with E-state index in [2.05, 4.69) is 10.3 Å². The van der Waals surface area contributed by atoms with Gasteiger partial charge in [0.2, 0.25) is 5.91 Å². The number of furan rings is 1. The van der Waals surface area contributed by atoms with Crippen molar-refractivity contribution in [3.63, 3.8) is 0 Å². The van der Waals surface area contributed by atoms with Crippen molar-refractivity contribution in [1.29, 1.82) is 0 Å². The predicted molar refractivity (Wildman–Crippen MR) is 91.8 cm³/mol. The summed E-state index contributed by atoms with van der Waals surface area (Å²) in [5, 5.41) is 3.25. The van der Waals surface area contributed by atoms with Crippen LogP contribution >= 0.6 is 0 Å². The molecular formula is C18H22N4O3. The Morgan fingerprint density at radius 2 is 1.92 bits per heavy atom. The standard InChI is InChI=1S/C18H22N4O3/c23-17(5-7-20-14-15-3-1-6-19-13-15)21-8-10-22(11-9-21)18(24)16-4-2-12-25-16/h1-4,6,12-13,20H,5,7-11,14H2. The van der Waals surface area contributed by atoms with Crippen molar-refractivity contribution in [2.45, 2.75) is 13.0 Å². The summed E-state index contributed by atoms with van der Waals surface area (Å²) in [6.45, 7) is 3.52. The summed E-state index contributed by atoms with van der Waals surface area (Å²) in [5.41, 5.74) is 1.10. The highest BCUT2D eigenvalue weighted by Crippen LogP contribution is 2.10. The Morgan fingerprint density at radius 3 is 2.60 bits per heavy atom. The third kappa shape index (κ3) is 4.67. The fourth-order valence-corrected chi connectivity index (χ4v) is 2.80. The van der Waals surface area contributed by atoms with Gasteiger partial charge in [0.1, 0.15) is 0 Å². The van der Waals surface area contributed by atoms with E-state index in [9.17, 15) is 9.59 Å². The van der Waals surface area contributed by atoms with Crippen molar-refractivity contribution < 1.29 is 14.0 Å². The van der Waals surface area contributed by atoms with E-state index < -0.39 is 0 Å². The minimum atomic E-state index is -0.116. The number of pyridine rings is 1. The Balaban J connectivity index is 1.36. The molecule has 7 heteroatoms. The van der Waals surface area contributed by atoms with Crippen LogP contribution in [0.1, 0.15) is 22.5 Å². The third-order valence-corrected chi connectivity index (χ3v) is 4.22. The fraction of sp³-hybridized carbons (Fsp3) is 0.389. The maximum absolute atomic E-state index is 12.3. The number of nitrogens with zero attached hydrogens (tertiary/aromatic N) is 3. The average molecular weight is 342 g/mol. The number of hydrogen-bond donors (Lipinski definition) is 1. The zero-order chi connectivity index (χ0) is 17.5. The molecule has 7 nitrogen and oxygen atoms in total. The minimum Gasteiger partial charge on any atom is -0.459 e. The number of amides is 2. The summed E-state index contributed by atoms with van der Waals surface area (Å²) >= 11 is 0. The minimum absolute atomic E-state index is 0.115. The molecule has 1 aliphatic rings. The molecule has 2 amide bonds. The molecule has 1 aliphatic heterocycles. The highest BCUT2D eigenvalue weighted by atomic mass is 16.3. The molecule has 2 aromatic heterocycles. The smallest absolute Gasteiger partial charge is 0.289 e. The average Bonchev–Trinajstić information content (AvgIpc) is 3.20. The van der Waals surface area contributed by atoms with Crippen LogP contribution in [-0.2, 0) is 11.3 Å². The lowest BCUT2D eigenvalue weighted by molar-refractivity contribution is -0.132. The molecule has 0 radical (unpaired) electrons. The van der Waals surface area contributed by atoms with Crippen molar-refractivity contribution in [3.8, 4) is 0 Å². The van der Waals surface area contributed by atoms with Crippen molar-refractivity contribution in [1.82, 2.24) is 20.1 Å². The first-order chi connectivity index (χ1) is 12.2. The van der Waals surface area contributed by atoms with Crippen molar-refractivity contribution >= 4 is 11.8 Å². The van der Waals surface area contributed by atoms with E-state index in [1.807, 2.05) is 23.2 Å². The highest BCUT2D eigenvalue weighted by molar-refractivity contribution is 5.91. The Labute approximate surface area is 146 Å². The van der Waals surface area contributed by atoms with Crippen molar-refractivity contribution in [3.05, 3.63) is 54.2 Å². The first-order valence-electron chi connectivity index (χ1n) is 8.44. The van der Waals surface area contributed by atoms with E-state index in [-0.39, 0.29) is 11.8 Å². The van der Waals surface area contributed by atoms with E-state index in [1.165, 1.54) is 6.26 Å². The molecule has 0 spiro atoms. The number of carbonyl (C=O) groups excluding carboxylic acids is 2. The van der Waals surface area contributed by atoms with Crippen LogP contribution < -0.4 is 5.32 Å². The topological polar surface area (TPSA) is 78.7 Å². The second-order valence-electron chi connectivity index (χ2n) is 5.94. The molecule has 0 atom stereocenters. The molecule has 3 rings (SSSR count). The molecule has 0 unspecified atom stereocenters. The lowest BCUT2D eigenvalue weighted by Crippen LogP contribution is -2.50. The van der Waals surface area contributed by atoms with Gasteiger partial charge in [-0.2, -0.15) is 0 Å². The van der Waals surface area contributed by atoms with Gasteiger partial charge in [0.05, 0.1) is 6.26 Å². The molecule has 0 aromatic carbocycles.